The zero-order valence-electron chi connectivity index (χ0n) is 16.3. The Kier molecular flexibility index (Phi) is 7.33. The summed E-state index contributed by atoms with van der Waals surface area (Å²) in [6.45, 7) is 10.1. The SMILES string of the molecule is Cc1ccc(SCc2cccc(C(=O)NCCN3CCNCC3)c2)c(C)c1. The van der Waals surface area contributed by atoms with Crippen LogP contribution >= 0.6 is 11.8 Å². The Balaban J connectivity index is 1.50. The largest absolute Gasteiger partial charge is 0.351 e. The molecule has 1 aliphatic rings. The fourth-order valence-corrected chi connectivity index (χ4v) is 4.24. The fraction of sp³-hybridized carbons (Fsp3) is 0.409. The van der Waals surface area contributed by atoms with Crippen LogP contribution in [0.3, 0.4) is 0 Å². The summed E-state index contributed by atoms with van der Waals surface area (Å²) in [7, 11) is 0. The molecule has 3 rings (SSSR count). The molecule has 1 fully saturated rings. The van der Waals surface area contributed by atoms with Crippen LogP contribution in [0.25, 0.3) is 0 Å². The second-order valence-electron chi connectivity index (χ2n) is 7.11. The van der Waals surface area contributed by atoms with Gasteiger partial charge in [0.15, 0.2) is 0 Å². The highest BCUT2D eigenvalue weighted by molar-refractivity contribution is 7.98. The monoisotopic (exact) mass is 383 g/mol. The highest BCUT2D eigenvalue weighted by Gasteiger charge is 2.11. The first kappa shape index (κ1) is 19.9. The minimum Gasteiger partial charge on any atom is -0.351 e. The molecule has 0 spiro atoms. The quantitative estimate of drug-likeness (QED) is 0.721. The Morgan fingerprint density at radius 3 is 2.74 bits per heavy atom. The third-order valence-corrected chi connectivity index (χ3v) is 6.08. The number of benzene rings is 2. The number of nitrogens with zero attached hydrogens (tertiary/aromatic N) is 1. The fourth-order valence-electron chi connectivity index (χ4n) is 3.29. The summed E-state index contributed by atoms with van der Waals surface area (Å²) in [4.78, 5) is 16.1. The standard InChI is InChI=1S/C22H29N3OS/c1-17-6-7-21(18(2)14-17)27-16-19-4-3-5-20(15-19)22(26)24-10-13-25-11-8-23-9-12-25/h3-7,14-15,23H,8-13,16H2,1-2H3,(H,24,26). The summed E-state index contributed by atoms with van der Waals surface area (Å²) >= 11 is 1.82. The van der Waals surface area contributed by atoms with Gasteiger partial charge in [-0.2, -0.15) is 0 Å². The molecule has 1 heterocycles. The van der Waals surface area contributed by atoms with Crippen molar-refractivity contribution in [2.45, 2.75) is 24.5 Å². The van der Waals surface area contributed by atoms with E-state index in [1.54, 1.807) is 0 Å². The van der Waals surface area contributed by atoms with Crippen molar-refractivity contribution in [3.05, 3.63) is 64.7 Å². The molecule has 1 amide bonds. The number of carbonyl (C=O) groups is 1. The van der Waals surface area contributed by atoms with E-state index in [1.165, 1.54) is 21.6 Å². The van der Waals surface area contributed by atoms with E-state index in [0.29, 0.717) is 6.54 Å². The Morgan fingerprint density at radius 1 is 1.15 bits per heavy atom. The number of thioether (sulfide) groups is 1. The zero-order chi connectivity index (χ0) is 19.1. The molecule has 2 aromatic rings. The zero-order valence-corrected chi connectivity index (χ0v) is 17.1. The second-order valence-corrected chi connectivity index (χ2v) is 8.12. The molecule has 0 unspecified atom stereocenters. The van der Waals surface area contributed by atoms with Gasteiger partial charge in [-0.3, -0.25) is 9.69 Å². The summed E-state index contributed by atoms with van der Waals surface area (Å²) in [6, 6.07) is 14.5. The molecule has 1 aliphatic heterocycles. The van der Waals surface area contributed by atoms with E-state index in [4.69, 9.17) is 0 Å². The molecule has 0 saturated carbocycles. The molecule has 0 bridgehead atoms. The molecule has 0 atom stereocenters. The molecule has 5 heteroatoms. The van der Waals surface area contributed by atoms with E-state index >= 15 is 0 Å². The van der Waals surface area contributed by atoms with Gasteiger partial charge in [0.1, 0.15) is 0 Å². The lowest BCUT2D eigenvalue weighted by Crippen LogP contribution is -2.46. The summed E-state index contributed by atoms with van der Waals surface area (Å²) in [5, 5.41) is 6.40. The van der Waals surface area contributed by atoms with Crippen LogP contribution in [0.4, 0.5) is 0 Å². The minimum atomic E-state index is 0.0171. The second kappa shape index (κ2) is 9.93. The molecule has 0 radical (unpaired) electrons. The lowest BCUT2D eigenvalue weighted by Gasteiger charge is -2.27. The van der Waals surface area contributed by atoms with Crippen LogP contribution < -0.4 is 10.6 Å². The molecular formula is C22H29N3OS. The van der Waals surface area contributed by atoms with E-state index in [9.17, 15) is 4.79 Å². The Labute approximate surface area is 166 Å². The number of hydrogen-bond donors (Lipinski definition) is 2. The van der Waals surface area contributed by atoms with Crippen molar-refractivity contribution in [1.29, 1.82) is 0 Å². The number of amides is 1. The van der Waals surface area contributed by atoms with Gasteiger partial charge >= 0.3 is 0 Å². The normalized spacial score (nSPS) is 14.9. The van der Waals surface area contributed by atoms with Crippen LogP contribution in [0.5, 0.6) is 0 Å². The van der Waals surface area contributed by atoms with Gasteiger partial charge in [0, 0.05) is 55.5 Å². The van der Waals surface area contributed by atoms with E-state index in [0.717, 1.165) is 44.0 Å². The van der Waals surface area contributed by atoms with Crippen molar-refractivity contribution in [3.8, 4) is 0 Å². The Morgan fingerprint density at radius 2 is 1.96 bits per heavy atom. The molecule has 4 nitrogen and oxygen atoms in total. The predicted molar refractivity (Wildman–Crippen MR) is 114 cm³/mol. The Hall–Kier alpha value is -1.82. The first-order valence-electron chi connectivity index (χ1n) is 9.62. The van der Waals surface area contributed by atoms with Crippen LogP contribution in [-0.2, 0) is 5.75 Å². The number of rotatable bonds is 7. The summed E-state index contributed by atoms with van der Waals surface area (Å²) < 4.78 is 0. The molecule has 2 N–H and O–H groups in total. The van der Waals surface area contributed by atoms with E-state index < -0.39 is 0 Å². The van der Waals surface area contributed by atoms with Gasteiger partial charge in [-0.05, 0) is 43.2 Å². The van der Waals surface area contributed by atoms with Gasteiger partial charge in [0.05, 0.1) is 0 Å². The van der Waals surface area contributed by atoms with Crippen molar-refractivity contribution >= 4 is 17.7 Å². The van der Waals surface area contributed by atoms with Crippen LogP contribution in [0.15, 0.2) is 47.4 Å². The first-order chi connectivity index (χ1) is 13.1. The third-order valence-electron chi connectivity index (χ3n) is 4.84. The highest BCUT2D eigenvalue weighted by Crippen LogP contribution is 2.26. The Bertz CT molecular complexity index is 772. The molecule has 27 heavy (non-hydrogen) atoms. The van der Waals surface area contributed by atoms with E-state index in [2.05, 4.69) is 53.6 Å². The highest BCUT2D eigenvalue weighted by atomic mass is 32.2. The van der Waals surface area contributed by atoms with Crippen LogP contribution in [0, 0.1) is 13.8 Å². The minimum absolute atomic E-state index is 0.0171. The summed E-state index contributed by atoms with van der Waals surface area (Å²) in [5.41, 5.74) is 4.52. The maximum Gasteiger partial charge on any atom is 0.251 e. The van der Waals surface area contributed by atoms with Crippen molar-refractivity contribution in [1.82, 2.24) is 15.5 Å². The molecular weight excluding hydrogens is 354 g/mol. The van der Waals surface area contributed by atoms with Gasteiger partial charge in [0.2, 0.25) is 0 Å². The maximum absolute atomic E-state index is 12.5. The summed E-state index contributed by atoms with van der Waals surface area (Å²) in [6.07, 6.45) is 0. The number of nitrogens with one attached hydrogen (secondary N) is 2. The smallest absolute Gasteiger partial charge is 0.251 e. The average molecular weight is 384 g/mol. The van der Waals surface area contributed by atoms with E-state index in [-0.39, 0.29) is 5.91 Å². The number of piperazine rings is 1. The van der Waals surface area contributed by atoms with Crippen LogP contribution in [0.2, 0.25) is 0 Å². The van der Waals surface area contributed by atoms with Crippen LogP contribution in [0.1, 0.15) is 27.0 Å². The van der Waals surface area contributed by atoms with Crippen molar-refractivity contribution in [2.75, 3.05) is 39.3 Å². The first-order valence-corrected chi connectivity index (χ1v) is 10.6. The average Bonchev–Trinajstić information content (AvgIpc) is 2.68. The molecule has 144 valence electrons. The lowest BCUT2D eigenvalue weighted by molar-refractivity contribution is 0.0947. The number of aryl methyl sites for hydroxylation is 2. The number of carbonyl (C=O) groups excluding carboxylic acids is 1. The molecule has 0 aromatic heterocycles. The van der Waals surface area contributed by atoms with Gasteiger partial charge in [-0.1, -0.05) is 29.8 Å². The van der Waals surface area contributed by atoms with E-state index in [1.807, 2.05) is 30.0 Å². The summed E-state index contributed by atoms with van der Waals surface area (Å²) in [5.74, 6) is 0.884. The molecule has 1 saturated heterocycles. The third kappa shape index (κ3) is 6.09. The van der Waals surface area contributed by atoms with Crippen molar-refractivity contribution < 1.29 is 4.79 Å². The van der Waals surface area contributed by atoms with Crippen molar-refractivity contribution in [2.24, 2.45) is 0 Å². The molecule has 0 aliphatic carbocycles. The number of hydrogen-bond acceptors (Lipinski definition) is 4. The lowest BCUT2D eigenvalue weighted by atomic mass is 10.1. The van der Waals surface area contributed by atoms with Gasteiger partial charge < -0.3 is 10.6 Å². The van der Waals surface area contributed by atoms with Gasteiger partial charge in [-0.15, -0.1) is 11.8 Å². The molecule has 2 aromatic carbocycles. The topological polar surface area (TPSA) is 44.4 Å². The van der Waals surface area contributed by atoms with Crippen LogP contribution in [-0.4, -0.2) is 50.1 Å². The van der Waals surface area contributed by atoms with Crippen molar-refractivity contribution in [3.63, 3.8) is 0 Å². The predicted octanol–water partition coefficient (Wildman–Crippen LogP) is 3.23. The van der Waals surface area contributed by atoms with Gasteiger partial charge in [-0.25, -0.2) is 0 Å². The van der Waals surface area contributed by atoms with Gasteiger partial charge in [0.25, 0.3) is 5.91 Å². The maximum atomic E-state index is 12.5.